The minimum Gasteiger partial charge on any atom is -0.444 e. The third-order valence-corrected chi connectivity index (χ3v) is 6.77. The molecule has 2 heterocycles. The Labute approximate surface area is 240 Å². The number of aliphatic imine (C=N–C) groups is 1. The van der Waals surface area contributed by atoms with Crippen LogP contribution >= 0.6 is 0 Å². The van der Waals surface area contributed by atoms with Gasteiger partial charge in [0.05, 0.1) is 23.3 Å². The lowest BCUT2D eigenvalue weighted by Gasteiger charge is -2.36. The summed E-state index contributed by atoms with van der Waals surface area (Å²) in [4.78, 5) is 35.7. The summed E-state index contributed by atoms with van der Waals surface area (Å²) in [7, 11) is 0. The molecule has 210 valence electrons. The lowest BCUT2D eigenvalue weighted by atomic mass is 10.0. The van der Waals surface area contributed by atoms with E-state index in [2.05, 4.69) is 10.00 Å². The van der Waals surface area contributed by atoms with Gasteiger partial charge in [0.25, 0.3) is 5.56 Å². The molecule has 5 rings (SSSR count). The molecule has 0 N–H and O–H groups in total. The van der Waals surface area contributed by atoms with Crippen molar-refractivity contribution in [2.24, 2.45) is 4.99 Å². The summed E-state index contributed by atoms with van der Waals surface area (Å²) < 4.78 is 6.97. The van der Waals surface area contributed by atoms with Crippen molar-refractivity contribution < 1.29 is 9.53 Å². The van der Waals surface area contributed by atoms with E-state index >= 15 is 0 Å². The Hall–Kier alpha value is -4.72. The van der Waals surface area contributed by atoms with E-state index in [1.165, 1.54) is 4.68 Å². The van der Waals surface area contributed by atoms with Crippen LogP contribution in [0.3, 0.4) is 0 Å². The van der Waals surface area contributed by atoms with Crippen LogP contribution in [-0.2, 0) is 4.74 Å². The van der Waals surface area contributed by atoms with Crippen molar-refractivity contribution in [3.05, 3.63) is 118 Å². The first kappa shape index (κ1) is 27.8. The molecule has 1 saturated heterocycles. The van der Waals surface area contributed by atoms with E-state index in [1.54, 1.807) is 11.1 Å². The molecule has 1 amide bonds. The monoisotopic (exact) mass is 549 g/mol. The number of nitrogens with zero attached hydrogens (tertiary/aromatic N) is 5. The van der Waals surface area contributed by atoms with Crippen LogP contribution in [0.2, 0.25) is 0 Å². The molecule has 8 nitrogen and oxygen atoms in total. The number of carbonyl (C=O) groups excluding carboxylic acids is 1. The second kappa shape index (κ2) is 11.8. The predicted octanol–water partition coefficient (Wildman–Crippen LogP) is 5.77. The highest BCUT2D eigenvalue weighted by Gasteiger charge is 2.28. The van der Waals surface area contributed by atoms with Gasteiger partial charge in [-0.3, -0.25) is 4.79 Å². The Morgan fingerprint density at radius 1 is 0.854 bits per heavy atom. The van der Waals surface area contributed by atoms with E-state index in [9.17, 15) is 9.59 Å². The number of amides is 1. The number of hydrogen-bond acceptors (Lipinski definition) is 6. The van der Waals surface area contributed by atoms with Crippen molar-refractivity contribution in [2.75, 3.05) is 31.1 Å². The largest absolute Gasteiger partial charge is 0.444 e. The van der Waals surface area contributed by atoms with Gasteiger partial charge in [-0.2, -0.15) is 9.78 Å². The first-order valence-electron chi connectivity index (χ1n) is 13.8. The number of ether oxygens (including phenoxy) is 1. The van der Waals surface area contributed by atoms with Crippen molar-refractivity contribution in [3.63, 3.8) is 0 Å². The SMILES string of the molecule is Cc1cccc(-n2ncc(N3CCN(C(=O)OC(C)(C)C)CC3)c(N=C(c3ccccc3)c3ccccc3)c2=O)c1. The fourth-order valence-corrected chi connectivity index (χ4v) is 4.77. The van der Waals surface area contributed by atoms with Gasteiger partial charge >= 0.3 is 6.09 Å². The smallest absolute Gasteiger partial charge is 0.410 e. The molecule has 0 unspecified atom stereocenters. The number of carbonyl (C=O) groups is 1. The number of anilines is 1. The van der Waals surface area contributed by atoms with E-state index in [-0.39, 0.29) is 11.7 Å². The summed E-state index contributed by atoms with van der Waals surface area (Å²) >= 11 is 0. The fraction of sp³-hybridized carbons (Fsp3) is 0.273. The Kier molecular flexibility index (Phi) is 8.01. The molecule has 3 aromatic carbocycles. The molecular weight excluding hydrogens is 514 g/mol. The van der Waals surface area contributed by atoms with Gasteiger partial charge in [0, 0.05) is 37.3 Å². The molecule has 0 atom stereocenters. The normalized spacial score (nSPS) is 13.6. The van der Waals surface area contributed by atoms with Crippen LogP contribution in [0.25, 0.3) is 5.69 Å². The number of hydrogen-bond donors (Lipinski definition) is 0. The summed E-state index contributed by atoms with van der Waals surface area (Å²) in [6, 6.07) is 27.4. The average molecular weight is 550 g/mol. The first-order chi connectivity index (χ1) is 19.7. The minimum atomic E-state index is -0.564. The third kappa shape index (κ3) is 6.54. The van der Waals surface area contributed by atoms with Crippen molar-refractivity contribution in [2.45, 2.75) is 33.3 Å². The standard InChI is InChI=1S/C33H35N5O3/c1-24-12-11-17-27(22-24)38-31(39)30(35-29(25-13-7-5-8-14-25)26-15-9-6-10-16-26)28(23-34-38)36-18-20-37(21-19-36)32(40)41-33(2,3)4/h5-17,22-23H,18-21H2,1-4H3. The minimum absolute atomic E-state index is 0.301. The zero-order valence-electron chi connectivity index (χ0n) is 23.9. The molecular formula is C33H35N5O3. The molecule has 0 bridgehead atoms. The van der Waals surface area contributed by atoms with Gasteiger partial charge in [0.2, 0.25) is 0 Å². The van der Waals surface area contributed by atoms with E-state index in [1.807, 2.05) is 113 Å². The molecule has 4 aromatic rings. The maximum Gasteiger partial charge on any atom is 0.410 e. The average Bonchev–Trinajstić information content (AvgIpc) is 2.96. The van der Waals surface area contributed by atoms with Crippen LogP contribution in [-0.4, -0.2) is 58.3 Å². The number of piperazine rings is 1. The van der Waals surface area contributed by atoms with Crippen molar-refractivity contribution in [1.82, 2.24) is 14.7 Å². The number of rotatable bonds is 5. The van der Waals surface area contributed by atoms with Crippen molar-refractivity contribution in [1.29, 1.82) is 0 Å². The molecule has 8 heteroatoms. The number of benzene rings is 3. The van der Waals surface area contributed by atoms with Crippen LogP contribution in [0.4, 0.5) is 16.2 Å². The summed E-state index contributed by atoms with van der Waals surface area (Å²) in [5.41, 5.74) is 4.25. The van der Waals surface area contributed by atoms with Gasteiger partial charge < -0.3 is 14.5 Å². The Morgan fingerprint density at radius 2 is 1.46 bits per heavy atom. The number of aryl methyl sites for hydroxylation is 1. The Bertz CT molecular complexity index is 1560. The molecule has 0 aliphatic carbocycles. The van der Waals surface area contributed by atoms with Crippen LogP contribution in [0.15, 0.2) is 101 Å². The molecule has 0 spiro atoms. The van der Waals surface area contributed by atoms with Crippen molar-refractivity contribution >= 4 is 23.2 Å². The lowest BCUT2D eigenvalue weighted by molar-refractivity contribution is 0.0240. The van der Waals surface area contributed by atoms with E-state index < -0.39 is 5.60 Å². The van der Waals surface area contributed by atoms with Crippen molar-refractivity contribution in [3.8, 4) is 5.69 Å². The maximum atomic E-state index is 14.2. The highest BCUT2D eigenvalue weighted by Crippen LogP contribution is 2.28. The topological polar surface area (TPSA) is 80.0 Å². The van der Waals surface area contributed by atoms with Gasteiger partial charge in [-0.15, -0.1) is 0 Å². The first-order valence-corrected chi connectivity index (χ1v) is 13.8. The molecule has 1 aromatic heterocycles. The highest BCUT2D eigenvalue weighted by molar-refractivity contribution is 6.14. The van der Waals surface area contributed by atoms with E-state index in [0.29, 0.717) is 49.0 Å². The highest BCUT2D eigenvalue weighted by atomic mass is 16.6. The van der Waals surface area contributed by atoms with Crippen LogP contribution < -0.4 is 10.5 Å². The summed E-state index contributed by atoms with van der Waals surface area (Å²) in [5.74, 6) is 0. The van der Waals surface area contributed by atoms with Gasteiger partial charge in [-0.05, 0) is 45.4 Å². The molecule has 1 aliphatic heterocycles. The molecule has 0 saturated carbocycles. The summed E-state index contributed by atoms with van der Waals surface area (Å²) in [6.07, 6.45) is 1.37. The van der Waals surface area contributed by atoms with Gasteiger partial charge in [-0.1, -0.05) is 72.8 Å². The second-order valence-corrected chi connectivity index (χ2v) is 11.1. The molecule has 1 fully saturated rings. The van der Waals surface area contributed by atoms with Gasteiger partial charge in [0.1, 0.15) is 5.60 Å². The molecule has 1 aliphatic rings. The fourth-order valence-electron chi connectivity index (χ4n) is 4.77. The van der Waals surface area contributed by atoms with Gasteiger partial charge in [0.15, 0.2) is 5.69 Å². The van der Waals surface area contributed by atoms with Crippen LogP contribution in [0.5, 0.6) is 0 Å². The van der Waals surface area contributed by atoms with Crippen LogP contribution in [0, 0.1) is 6.92 Å². The Balaban J connectivity index is 1.60. The Morgan fingerprint density at radius 3 is 2.02 bits per heavy atom. The summed E-state index contributed by atoms with van der Waals surface area (Å²) in [6.45, 7) is 9.51. The number of aromatic nitrogens is 2. The zero-order chi connectivity index (χ0) is 29.0. The molecule has 41 heavy (non-hydrogen) atoms. The maximum absolute atomic E-state index is 14.2. The third-order valence-electron chi connectivity index (χ3n) is 6.77. The van der Waals surface area contributed by atoms with Crippen LogP contribution in [0.1, 0.15) is 37.5 Å². The molecule has 0 radical (unpaired) electrons. The summed E-state index contributed by atoms with van der Waals surface area (Å²) in [5, 5.41) is 4.57. The van der Waals surface area contributed by atoms with E-state index in [0.717, 1.165) is 16.7 Å². The predicted molar refractivity (Wildman–Crippen MR) is 163 cm³/mol. The lowest BCUT2D eigenvalue weighted by Crippen LogP contribution is -2.50. The quantitative estimate of drug-likeness (QED) is 0.296. The second-order valence-electron chi connectivity index (χ2n) is 11.1. The van der Waals surface area contributed by atoms with E-state index in [4.69, 9.17) is 9.73 Å². The zero-order valence-corrected chi connectivity index (χ0v) is 23.9. The van der Waals surface area contributed by atoms with Gasteiger partial charge in [-0.25, -0.2) is 9.79 Å².